The fourth-order valence-corrected chi connectivity index (χ4v) is 2.15. The lowest BCUT2D eigenvalue weighted by molar-refractivity contribution is -0.123. The molecule has 20 heavy (non-hydrogen) atoms. The number of hydrogen-bond donors (Lipinski definition) is 3. The van der Waals surface area contributed by atoms with Crippen LogP contribution in [0.4, 0.5) is 11.4 Å². The van der Waals surface area contributed by atoms with Gasteiger partial charge in [0, 0.05) is 5.56 Å². The van der Waals surface area contributed by atoms with Crippen molar-refractivity contribution in [3.05, 3.63) is 47.9 Å². The number of hydrogen-bond acceptors (Lipinski definition) is 4. The number of rotatable bonds is 2. The first kappa shape index (κ1) is 12.4. The normalized spacial score (nSPS) is 15.8. The summed E-state index contributed by atoms with van der Waals surface area (Å²) in [6, 6.07) is 6.74. The Hall–Kier alpha value is -2.60. The highest BCUT2D eigenvalue weighted by atomic mass is 16.3. The molecule has 0 fully saturated rings. The van der Waals surface area contributed by atoms with E-state index in [1.165, 1.54) is 0 Å². The van der Waals surface area contributed by atoms with Crippen molar-refractivity contribution in [1.29, 1.82) is 0 Å². The molecule has 0 aliphatic carbocycles. The average Bonchev–Trinajstić information content (AvgIpc) is 2.88. The van der Waals surface area contributed by atoms with E-state index >= 15 is 0 Å². The second kappa shape index (κ2) is 4.82. The van der Waals surface area contributed by atoms with Gasteiger partial charge in [-0.3, -0.25) is 9.59 Å². The topological polar surface area (TPSA) is 97.4 Å². The third-order valence-corrected chi connectivity index (χ3v) is 3.17. The molecule has 1 aromatic carbocycles. The van der Waals surface area contributed by atoms with Gasteiger partial charge in [-0.15, -0.1) is 0 Å². The van der Waals surface area contributed by atoms with Crippen LogP contribution in [0.25, 0.3) is 0 Å². The van der Waals surface area contributed by atoms with Crippen LogP contribution in [0.2, 0.25) is 0 Å². The molecule has 2 aromatic rings. The molecule has 1 atom stereocenters. The molecule has 2 amide bonds. The van der Waals surface area contributed by atoms with E-state index in [2.05, 4.69) is 10.6 Å². The van der Waals surface area contributed by atoms with Gasteiger partial charge >= 0.3 is 0 Å². The SMILES string of the molecule is NC(c1ccoc1)c1ccc2c(c1)NC(=O)CC(=O)N2. The summed E-state index contributed by atoms with van der Waals surface area (Å²) in [6.07, 6.45) is 2.95. The standard InChI is InChI=1S/C14H13N3O3/c15-14(9-3-4-20-7-9)8-1-2-10-11(5-8)17-13(19)6-12(18)16-10/h1-5,7,14H,6,15H2,(H,16,18)(H,17,19). The Balaban J connectivity index is 1.96. The van der Waals surface area contributed by atoms with Crippen molar-refractivity contribution < 1.29 is 14.0 Å². The third-order valence-electron chi connectivity index (χ3n) is 3.17. The Morgan fingerprint density at radius 1 is 1.05 bits per heavy atom. The van der Waals surface area contributed by atoms with Crippen molar-refractivity contribution in [2.24, 2.45) is 5.73 Å². The number of nitrogens with one attached hydrogen (secondary N) is 2. The van der Waals surface area contributed by atoms with Gasteiger partial charge in [0.15, 0.2) is 0 Å². The Morgan fingerprint density at radius 3 is 2.50 bits per heavy atom. The summed E-state index contributed by atoms with van der Waals surface area (Å²) in [4.78, 5) is 23.0. The van der Waals surface area contributed by atoms with E-state index in [0.29, 0.717) is 11.4 Å². The number of furan rings is 1. The van der Waals surface area contributed by atoms with E-state index in [0.717, 1.165) is 11.1 Å². The van der Waals surface area contributed by atoms with Crippen molar-refractivity contribution in [3.63, 3.8) is 0 Å². The smallest absolute Gasteiger partial charge is 0.233 e. The van der Waals surface area contributed by atoms with Crippen molar-refractivity contribution in [3.8, 4) is 0 Å². The molecule has 3 rings (SSSR count). The van der Waals surface area contributed by atoms with Gasteiger partial charge in [-0.1, -0.05) is 6.07 Å². The van der Waals surface area contributed by atoms with Gasteiger partial charge in [-0.25, -0.2) is 0 Å². The molecule has 6 heteroatoms. The van der Waals surface area contributed by atoms with Gasteiger partial charge in [0.05, 0.1) is 29.9 Å². The second-order valence-corrected chi connectivity index (χ2v) is 4.61. The van der Waals surface area contributed by atoms with Crippen molar-refractivity contribution in [1.82, 2.24) is 0 Å². The molecule has 102 valence electrons. The molecule has 1 aromatic heterocycles. The Bertz CT molecular complexity index is 664. The number of anilines is 2. The predicted octanol–water partition coefficient (Wildman–Crippen LogP) is 1.61. The Kier molecular flexibility index (Phi) is 3.00. The van der Waals surface area contributed by atoms with Crippen molar-refractivity contribution in [2.45, 2.75) is 12.5 Å². The molecule has 1 aliphatic heterocycles. The van der Waals surface area contributed by atoms with Gasteiger partial charge in [0.2, 0.25) is 11.8 Å². The predicted molar refractivity (Wildman–Crippen MR) is 73.1 cm³/mol. The van der Waals surface area contributed by atoms with E-state index in [1.807, 2.05) is 6.07 Å². The largest absolute Gasteiger partial charge is 0.472 e. The minimum absolute atomic E-state index is 0.183. The van der Waals surface area contributed by atoms with Crippen LogP contribution in [-0.4, -0.2) is 11.8 Å². The zero-order chi connectivity index (χ0) is 14.1. The first-order valence-corrected chi connectivity index (χ1v) is 6.15. The van der Waals surface area contributed by atoms with Crippen LogP contribution in [0.3, 0.4) is 0 Å². The molecule has 1 aliphatic rings. The van der Waals surface area contributed by atoms with Crippen LogP contribution < -0.4 is 16.4 Å². The number of amides is 2. The Labute approximate surface area is 114 Å². The summed E-state index contributed by atoms with van der Waals surface area (Å²) >= 11 is 0. The average molecular weight is 271 g/mol. The lowest BCUT2D eigenvalue weighted by Crippen LogP contribution is -2.16. The lowest BCUT2D eigenvalue weighted by Gasteiger charge is -2.14. The summed E-state index contributed by atoms with van der Waals surface area (Å²) in [5.74, 6) is -0.664. The number of fused-ring (bicyclic) bond motifs is 1. The molecule has 0 saturated heterocycles. The summed E-state index contributed by atoms with van der Waals surface area (Å²) in [6.45, 7) is 0. The number of carbonyl (C=O) groups is 2. The maximum Gasteiger partial charge on any atom is 0.233 e. The highest BCUT2D eigenvalue weighted by molar-refractivity contribution is 6.13. The zero-order valence-electron chi connectivity index (χ0n) is 10.6. The molecule has 0 spiro atoms. The maximum atomic E-state index is 11.5. The van der Waals surface area contributed by atoms with Crippen LogP contribution in [0, 0.1) is 0 Å². The van der Waals surface area contributed by atoms with Gasteiger partial charge in [-0.2, -0.15) is 0 Å². The first-order valence-electron chi connectivity index (χ1n) is 6.15. The van der Waals surface area contributed by atoms with Gasteiger partial charge in [-0.05, 0) is 23.8 Å². The zero-order valence-corrected chi connectivity index (χ0v) is 10.6. The molecular weight excluding hydrogens is 258 g/mol. The van der Waals surface area contributed by atoms with E-state index < -0.39 is 0 Å². The van der Waals surface area contributed by atoms with Gasteiger partial charge in [0.25, 0.3) is 0 Å². The van der Waals surface area contributed by atoms with E-state index in [1.54, 1.807) is 30.7 Å². The molecule has 1 unspecified atom stereocenters. The molecule has 6 nitrogen and oxygen atoms in total. The highest BCUT2D eigenvalue weighted by Gasteiger charge is 2.19. The monoisotopic (exact) mass is 271 g/mol. The quantitative estimate of drug-likeness (QED) is 0.723. The summed E-state index contributed by atoms with van der Waals surface area (Å²) < 4.78 is 5.01. The first-order chi connectivity index (χ1) is 9.63. The minimum Gasteiger partial charge on any atom is -0.472 e. The highest BCUT2D eigenvalue weighted by Crippen LogP contribution is 2.29. The molecule has 2 heterocycles. The van der Waals surface area contributed by atoms with Crippen molar-refractivity contribution in [2.75, 3.05) is 10.6 Å². The molecule has 0 bridgehead atoms. The van der Waals surface area contributed by atoms with Crippen LogP contribution in [0.15, 0.2) is 41.2 Å². The summed E-state index contributed by atoms with van der Waals surface area (Å²) in [7, 11) is 0. The third kappa shape index (κ3) is 2.28. The van der Waals surface area contributed by atoms with Gasteiger partial charge < -0.3 is 20.8 Å². The number of carbonyl (C=O) groups excluding carboxylic acids is 2. The molecule has 0 saturated carbocycles. The number of nitrogens with two attached hydrogens (primary N) is 1. The Morgan fingerprint density at radius 2 is 1.80 bits per heavy atom. The fourth-order valence-electron chi connectivity index (χ4n) is 2.15. The fraction of sp³-hybridized carbons (Fsp3) is 0.143. The molecular formula is C14H13N3O3. The molecule has 0 radical (unpaired) electrons. The second-order valence-electron chi connectivity index (χ2n) is 4.61. The van der Waals surface area contributed by atoms with Crippen molar-refractivity contribution >= 4 is 23.2 Å². The van der Waals surface area contributed by atoms with Crippen LogP contribution in [-0.2, 0) is 9.59 Å². The lowest BCUT2D eigenvalue weighted by atomic mass is 10.0. The van der Waals surface area contributed by atoms with Crippen LogP contribution in [0.5, 0.6) is 0 Å². The van der Waals surface area contributed by atoms with E-state index in [-0.39, 0.29) is 24.3 Å². The molecule has 4 N–H and O–H groups in total. The number of benzene rings is 1. The van der Waals surface area contributed by atoms with Gasteiger partial charge in [0.1, 0.15) is 6.42 Å². The summed E-state index contributed by atoms with van der Waals surface area (Å²) in [5.41, 5.74) is 8.92. The maximum absolute atomic E-state index is 11.5. The van der Waals surface area contributed by atoms with Crippen LogP contribution >= 0.6 is 0 Å². The van der Waals surface area contributed by atoms with E-state index in [4.69, 9.17) is 10.2 Å². The minimum atomic E-state index is -0.352. The van der Waals surface area contributed by atoms with E-state index in [9.17, 15) is 9.59 Å². The van der Waals surface area contributed by atoms with Crippen LogP contribution in [0.1, 0.15) is 23.6 Å². The summed E-state index contributed by atoms with van der Waals surface area (Å²) in [5, 5.41) is 5.36.